The molecule has 2 rings (SSSR count). The van der Waals surface area contributed by atoms with E-state index in [4.69, 9.17) is 5.84 Å². The molecule has 0 fully saturated rings. The molecule has 0 spiro atoms. The monoisotopic (exact) mass is 218 g/mol. The first-order valence-electron chi connectivity index (χ1n) is 4.86. The predicted molar refractivity (Wildman–Crippen MR) is 64.7 cm³/mol. The Morgan fingerprint density at radius 3 is 2.67 bits per heavy atom. The molecular formula is C12H14N2S. The minimum atomic E-state index is 0.0949. The highest BCUT2D eigenvalue weighted by molar-refractivity contribution is 7.08. The lowest BCUT2D eigenvalue weighted by Gasteiger charge is -2.17. The van der Waals surface area contributed by atoms with Gasteiger partial charge in [-0.2, -0.15) is 11.3 Å². The van der Waals surface area contributed by atoms with Crippen molar-refractivity contribution in [1.29, 1.82) is 0 Å². The highest BCUT2D eigenvalue weighted by Gasteiger charge is 2.13. The van der Waals surface area contributed by atoms with Crippen molar-refractivity contribution in [2.75, 3.05) is 0 Å². The lowest BCUT2D eigenvalue weighted by Crippen LogP contribution is -2.29. The average Bonchev–Trinajstić information content (AvgIpc) is 2.75. The topological polar surface area (TPSA) is 38.0 Å². The summed E-state index contributed by atoms with van der Waals surface area (Å²) >= 11 is 1.69. The maximum absolute atomic E-state index is 5.62. The largest absolute Gasteiger partial charge is 0.271 e. The van der Waals surface area contributed by atoms with Crippen molar-refractivity contribution in [2.24, 2.45) is 5.84 Å². The number of hydrogen-bond acceptors (Lipinski definition) is 3. The number of thiophene rings is 1. The van der Waals surface area contributed by atoms with Crippen LogP contribution in [0.5, 0.6) is 0 Å². The van der Waals surface area contributed by atoms with Gasteiger partial charge in [0.25, 0.3) is 0 Å². The highest BCUT2D eigenvalue weighted by Crippen LogP contribution is 2.25. The normalized spacial score (nSPS) is 12.7. The highest BCUT2D eigenvalue weighted by atomic mass is 32.1. The van der Waals surface area contributed by atoms with E-state index in [1.165, 1.54) is 16.7 Å². The third-order valence-corrected chi connectivity index (χ3v) is 3.24. The maximum Gasteiger partial charge on any atom is 0.0720 e. The number of benzene rings is 1. The molecule has 3 N–H and O–H groups in total. The zero-order chi connectivity index (χ0) is 10.7. The molecule has 2 nitrogen and oxygen atoms in total. The lowest BCUT2D eigenvalue weighted by molar-refractivity contribution is 0.635. The van der Waals surface area contributed by atoms with Crippen LogP contribution in [0.4, 0.5) is 0 Å². The molecular weight excluding hydrogens is 204 g/mol. The summed E-state index contributed by atoms with van der Waals surface area (Å²) in [6.07, 6.45) is 0. The lowest BCUT2D eigenvalue weighted by atomic mass is 9.98. The second kappa shape index (κ2) is 4.57. The Labute approximate surface area is 93.7 Å². The smallest absolute Gasteiger partial charge is 0.0720 e. The van der Waals surface area contributed by atoms with Gasteiger partial charge in [-0.1, -0.05) is 24.3 Å². The first-order valence-corrected chi connectivity index (χ1v) is 5.81. The Hall–Kier alpha value is -1.16. The van der Waals surface area contributed by atoms with Gasteiger partial charge in [-0.15, -0.1) is 0 Å². The summed E-state index contributed by atoms with van der Waals surface area (Å²) in [5, 5.41) is 4.19. The molecule has 1 aromatic heterocycles. The minimum absolute atomic E-state index is 0.0949. The van der Waals surface area contributed by atoms with Gasteiger partial charge in [0.05, 0.1) is 6.04 Å². The van der Waals surface area contributed by atoms with Crippen LogP contribution < -0.4 is 11.3 Å². The Balaban J connectivity index is 2.40. The SMILES string of the molecule is Cc1ccccc1C(NN)c1ccsc1. The molecule has 0 radical (unpaired) electrons. The summed E-state index contributed by atoms with van der Waals surface area (Å²) in [4.78, 5) is 0. The summed E-state index contributed by atoms with van der Waals surface area (Å²) in [5.41, 5.74) is 6.58. The van der Waals surface area contributed by atoms with E-state index in [0.717, 1.165) is 0 Å². The summed E-state index contributed by atoms with van der Waals surface area (Å²) in [5.74, 6) is 5.62. The van der Waals surface area contributed by atoms with Gasteiger partial charge >= 0.3 is 0 Å². The maximum atomic E-state index is 5.62. The molecule has 0 amide bonds. The van der Waals surface area contributed by atoms with Gasteiger partial charge in [0.2, 0.25) is 0 Å². The van der Waals surface area contributed by atoms with Crippen molar-refractivity contribution in [3.8, 4) is 0 Å². The van der Waals surface area contributed by atoms with Crippen molar-refractivity contribution < 1.29 is 0 Å². The number of nitrogens with one attached hydrogen (secondary N) is 1. The van der Waals surface area contributed by atoms with Gasteiger partial charge in [0, 0.05) is 0 Å². The van der Waals surface area contributed by atoms with Crippen molar-refractivity contribution in [3.05, 3.63) is 57.8 Å². The van der Waals surface area contributed by atoms with Crippen molar-refractivity contribution in [2.45, 2.75) is 13.0 Å². The van der Waals surface area contributed by atoms with Gasteiger partial charge in [0.1, 0.15) is 0 Å². The number of aryl methyl sites for hydroxylation is 1. The van der Waals surface area contributed by atoms with Gasteiger partial charge < -0.3 is 0 Å². The van der Waals surface area contributed by atoms with Crippen LogP contribution in [0.1, 0.15) is 22.7 Å². The van der Waals surface area contributed by atoms with Gasteiger partial charge in [-0.3, -0.25) is 5.84 Å². The van der Waals surface area contributed by atoms with E-state index in [2.05, 4.69) is 41.3 Å². The molecule has 0 saturated carbocycles. The van der Waals surface area contributed by atoms with Crippen LogP contribution in [0.2, 0.25) is 0 Å². The zero-order valence-corrected chi connectivity index (χ0v) is 9.42. The minimum Gasteiger partial charge on any atom is -0.271 e. The van der Waals surface area contributed by atoms with E-state index in [1.807, 2.05) is 12.1 Å². The van der Waals surface area contributed by atoms with Crippen LogP contribution in [0.3, 0.4) is 0 Å². The molecule has 0 saturated heterocycles. The van der Waals surface area contributed by atoms with Crippen LogP contribution in [-0.2, 0) is 0 Å². The molecule has 78 valence electrons. The third kappa shape index (κ3) is 2.09. The summed E-state index contributed by atoms with van der Waals surface area (Å²) in [6, 6.07) is 10.5. The van der Waals surface area contributed by atoms with E-state index in [1.54, 1.807) is 11.3 Å². The van der Waals surface area contributed by atoms with Gasteiger partial charge in [-0.25, -0.2) is 5.43 Å². The Kier molecular flexibility index (Phi) is 3.16. The second-order valence-corrected chi connectivity index (χ2v) is 4.29. The molecule has 0 aliphatic rings. The fourth-order valence-corrected chi connectivity index (χ4v) is 2.40. The number of hydrogen-bond donors (Lipinski definition) is 2. The van der Waals surface area contributed by atoms with Crippen LogP contribution in [0.15, 0.2) is 41.1 Å². The van der Waals surface area contributed by atoms with Crippen LogP contribution in [0.25, 0.3) is 0 Å². The fraction of sp³-hybridized carbons (Fsp3) is 0.167. The Bertz CT molecular complexity index is 423. The fourth-order valence-electron chi connectivity index (χ4n) is 1.72. The van der Waals surface area contributed by atoms with Crippen molar-refractivity contribution in [3.63, 3.8) is 0 Å². The number of rotatable bonds is 3. The molecule has 2 aromatic rings. The van der Waals surface area contributed by atoms with E-state index in [0.29, 0.717) is 0 Å². The quantitative estimate of drug-likeness (QED) is 0.614. The van der Waals surface area contributed by atoms with E-state index >= 15 is 0 Å². The third-order valence-electron chi connectivity index (χ3n) is 2.54. The van der Waals surface area contributed by atoms with Gasteiger partial charge in [0.15, 0.2) is 0 Å². The number of nitrogens with two attached hydrogens (primary N) is 1. The number of hydrazine groups is 1. The summed E-state index contributed by atoms with van der Waals surface area (Å²) < 4.78 is 0. The van der Waals surface area contributed by atoms with E-state index in [-0.39, 0.29) is 6.04 Å². The molecule has 0 aliphatic heterocycles. The molecule has 0 bridgehead atoms. The Morgan fingerprint density at radius 1 is 1.27 bits per heavy atom. The van der Waals surface area contributed by atoms with Crippen molar-refractivity contribution in [1.82, 2.24) is 5.43 Å². The molecule has 0 aliphatic carbocycles. The average molecular weight is 218 g/mol. The second-order valence-electron chi connectivity index (χ2n) is 3.51. The summed E-state index contributed by atoms with van der Waals surface area (Å²) in [6.45, 7) is 2.10. The van der Waals surface area contributed by atoms with Crippen LogP contribution in [-0.4, -0.2) is 0 Å². The standard InChI is InChI=1S/C12H14N2S/c1-9-4-2-3-5-11(9)12(14-13)10-6-7-15-8-10/h2-8,12,14H,13H2,1H3. The molecule has 1 aromatic carbocycles. The van der Waals surface area contributed by atoms with Gasteiger partial charge in [-0.05, 0) is 40.4 Å². The molecule has 1 unspecified atom stereocenters. The van der Waals surface area contributed by atoms with Crippen molar-refractivity contribution >= 4 is 11.3 Å². The first kappa shape index (κ1) is 10.4. The zero-order valence-electron chi connectivity index (χ0n) is 8.60. The summed E-state index contributed by atoms with van der Waals surface area (Å²) in [7, 11) is 0. The van der Waals surface area contributed by atoms with Crippen LogP contribution >= 0.6 is 11.3 Å². The molecule has 1 heterocycles. The first-order chi connectivity index (χ1) is 7.33. The molecule has 15 heavy (non-hydrogen) atoms. The molecule has 1 atom stereocenters. The van der Waals surface area contributed by atoms with Crippen LogP contribution in [0, 0.1) is 6.92 Å². The van der Waals surface area contributed by atoms with E-state index in [9.17, 15) is 0 Å². The Morgan fingerprint density at radius 2 is 2.07 bits per heavy atom. The molecule has 3 heteroatoms. The predicted octanol–water partition coefficient (Wildman–Crippen LogP) is 2.61. The van der Waals surface area contributed by atoms with E-state index < -0.39 is 0 Å².